The highest BCUT2D eigenvalue weighted by Gasteiger charge is 1.98. The van der Waals surface area contributed by atoms with Crippen molar-refractivity contribution in [1.82, 2.24) is 0 Å². The lowest BCUT2D eigenvalue weighted by Gasteiger charge is -2.07. The first kappa shape index (κ1) is 20.9. The van der Waals surface area contributed by atoms with Gasteiger partial charge in [0.2, 0.25) is 0 Å². The Morgan fingerprint density at radius 3 is 1.57 bits per heavy atom. The lowest BCUT2D eigenvalue weighted by molar-refractivity contribution is 0.290. The van der Waals surface area contributed by atoms with Gasteiger partial charge in [0.25, 0.3) is 0 Å². The van der Waals surface area contributed by atoms with Gasteiger partial charge in [-0.15, -0.1) is 0 Å². The maximum Gasteiger partial charge on any atom is 0.159 e. The average Bonchev–Trinajstić information content (AvgIpc) is 2.49. The molecule has 0 aliphatic rings. The molecule has 0 fully saturated rings. The van der Waals surface area contributed by atoms with Crippen molar-refractivity contribution in [3.05, 3.63) is 0 Å². The fraction of sp³-hybridized carbons (Fsp3) is 0.947. The number of unbranched alkanes of at least 4 members (excludes halogenated alkanes) is 12. The lowest BCUT2D eigenvalue weighted by Crippen LogP contribution is -2.03. The molecule has 0 spiro atoms. The van der Waals surface area contributed by atoms with E-state index in [1.807, 2.05) is 0 Å². The molecule has 0 saturated heterocycles. The van der Waals surface area contributed by atoms with Crippen LogP contribution in [0.2, 0.25) is 0 Å². The van der Waals surface area contributed by atoms with Crippen molar-refractivity contribution in [2.75, 3.05) is 6.61 Å². The summed E-state index contributed by atoms with van der Waals surface area (Å²) in [6, 6.07) is 0. The fourth-order valence-corrected chi connectivity index (χ4v) is 2.77. The Labute approximate surface area is 139 Å². The summed E-state index contributed by atoms with van der Waals surface area (Å²) in [5.41, 5.74) is 0. The van der Waals surface area contributed by atoms with E-state index in [0.29, 0.717) is 0 Å². The number of hydrogen-bond donors (Lipinski definition) is 0. The van der Waals surface area contributed by atoms with Crippen LogP contribution in [0.3, 0.4) is 0 Å². The molecule has 21 heavy (non-hydrogen) atoms. The average molecular weight is 315 g/mol. The minimum Gasteiger partial charge on any atom is -0.487 e. The first-order valence-electron chi connectivity index (χ1n) is 9.46. The Balaban J connectivity index is 3.11. The van der Waals surface area contributed by atoms with Crippen LogP contribution in [0.5, 0.6) is 0 Å². The second-order valence-electron chi connectivity index (χ2n) is 6.21. The summed E-state index contributed by atoms with van der Waals surface area (Å²) >= 11 is 5.27. The van der Waals surface area contributed by atoms with E-state index in [9.17, 15) is 0 Å². The lowest BCUT2D eigenvalue weighted by atomic mass is 10.1. The molecular weight excluding hydrogens is 276 g/mol. The number of hydrogen-bond acceptors (Lipinski definition) is 2. The number of ether oxygens (including phenoxy) is 1. The van der Waals surface area contributed by atoms with Crippen LogP contribution in [0.25, 0.3) is 0 Å². The minimum atomic E-state index is 0.837. The summed E-state index contributed by atoms with van der Waals surface area (Å²) in [5, 5.41) is 0.839. The van der Waals surface area contributed by atoms with E-state index >= 15 is 0 Å². The Morgan fingerprint density at radius 2 is 1.05 bits per heavy atom. The Morgan fingerprint density at radius 1 is 0.619 bits per heavy atom. The summed E-state index contributed by atoms with van der Waals surface area (Å²) in [6.45, 7) is 5.36. The third kappa shape index (κ3) is 17.8. The van der Waals surface area contributed by atoms with Crippen molar-refractivity contribution in [3.8, 4) is 0 Å². The first-order valence-corrected chi connectivity index (χ1v) is 9.87. The van der Waals surface area contributed by atoms with Crippen molar-refractivity contribution in [2.45, 2.75) is 110 Å². The van der Waals surface area contributed by atoms with Gasteiger partial charge in [-0.05, 0) is 25.1 Å². The summed E-state index contributed by atoms with van der Waals surface area (Å²) in [4.78, 5) is 0. The summed E-state index contributed by atoms with van der Waals surface area (Å²) in [7, 11) is 0. The first-order chi connectivity index (χ1) is 10.3. The molecule has 0 radical (unpaired) electrons. The van der Waals surface area contributed by atoms with E-state index in [-0.39, 0.29) is 0 Å². The zero-order chi connectivity index (χ0) is 15.6. The maximum absolute atomic E-state index is 5.64. The van der Waals surface area contributed by atoms with Crippen LogP contribution in [0.15, 0.2) is 0 Å². The van der Waals surface area contributed by atoms with Crippen LogP contribution in [0.1, 0.15) is 110 Å². The van der Waals surface area contributed by atoms with Gasteiger partial charge in [0.1, 0.15) is 0 Å². The highest BCUT2D eigenvalue weighted by atomic mass is 32.1. The van der Waals surface area contributed by atoms with E-state index in [2.05, 4.69) is 13.8 Å². The van der Waals surface area contributed by atoms with Gasteiger partial charge in [-0.1, -0.05) is 90.9 Å². The quantitative estimate of drug-likeness (QED) is 0.220. The Kier molecular flexibility index (Phi) is 17.8. The van der Waals surface area contributed by atoms with Gasteiger partial charge in [0.05, 0.1) is 6.61 Å². The molecule has 0 bridgehead atoms. The van der Waals surface area contributed by atoms with Crippen LogP contribution >= 0.6 is 12.2 Å². The van der Waals surface area contributed by atoms with Gasteiger partial charge in [-0.3, -0.25) is 0 Å². The van der Waals surface area contributed by atoms with Gasteiger partial charge >= 0.3 is 0 Å². The SMILES string of the molecule is CCCCCCCCCCCOC(=S)CCCCCCC. The predicted molar refractivity (Wildman–Crippen MR) is 99.2 cm³/mol. The molecule has 0 aromatic heterocycles. The van der Waals surface area contributed by atoms with Gasteiger partial charge in [-0.2, -0.15) is 0 Å². The fourth-order valence-electron chi connectivity index (χ4n) is 2.54. The third-order valence-corrected chi connectivity index (χ3v) is 4.32. The molecule has 126 valence electrons. The number of rotatable bonds is 16. The van der Waals surface area contributed by atoms with Crippen LogP contribution in [-0.2, 0) is 4.74 Å². The Bertz CT molecular complexity index is 216. The van der Waals surface area contributed by atoms with Gasteiger partial charge in [-0.25, -0.2) is 0 Å². The van der Waals surface area contributed by atoms with Crippen LogP contribution in [0, 0.1) is 0 Å². The summed E-state index contributed by atoms with van der Waals surface area (Å²) in [6.07, 6.45) is 19.7. The maximum atomic E-state index is 5.64. The van der Waals surface area contributed by atoms with Crippen LogP contribution in [-0.4, -0.2) is 11.7 Å². The molecule has 0 unspecified atom stereocenters. The molecule has 0 heterocycles. The van der Waals surface area contributed by atoms with E-state index < -0.39 is 0 Å². The highest BCUT2D eigenvalue weighted by Crippen LogP contribution is 2.10. The molecule has 0 aromatic rings. The molecule has 0 atom stereocenters. The molecule has 0 N–H and O–H groups in total. The third-order valence-electron chi connectivity index (χ3n) is 4.00. The predicted octanol–water partition coefficient (Wildman–Crippen LogP) is 7.22. The smallest absolute Gasteiger partial charge is 0.159 e. The molecule has 1 nitrogen and oxygen atoms in total. The summed E-state index contributed by atoms with van der Waals surface area (Å²) < 4.78 is 5.64. The number of thiocarbonyl (C=S) groups is 1. The molecule has 0 amide bonds. The van der Waals surface area contributed by atoms with E-state index in [4.69, 9.17) is 17.0 Å². The Hall–Kier alpha value is -0.110. The van der Waals surface area contributed by atoms with Gasteiger partial charge in [0.15, 0.2) is 5.05 Å². The molecule has 0 aromatic carbocycles. The second kappa shape index (κ2) is 17.9. The molecule has 0 aliphatic carbocycles. The summed E-state index contributed by atoms with van der Waals surface area (Å²) in [5.74, 6) is 0. The second-order valence-corrected chi connectivity index (χ2v) is 6.67. The molecule has 0 saturated carbocycles. The zero-order valence-corrected chi connectivity index (χ0v) is 15.4. The van der Waals surface area contributed by atoms with Crippen molar-refractivity contribution >= 4 is 17.3 Å². The van der Waals surface area contributed by atoms with E-state index in [1.54, 1.807) is 0 Å². The molecule has 0 aliphatic heterocycles. The molecule has 2 heteroatoms. The van der Waals surface area contributed by atoms with Gasteiger partial charge in [0, 0.05) is 6.42 Å². The van der Waals surface area contributed by atoms with Crippen LogP contribution in [0.4, 0.5) is 0 Å². The highest BCUT2D eigenvalue weighted by molar-refractivity contribution is 7.80. The molecule has 0 rings (SSSR count). The zero-order valence-electron chi connectivity index (χ0n) is 14.6. The topological polar surface area (TPSA) is 9.23 Å². The van der Waals surface area contributed by atoms with E-state index in [1.165, 1.54) is 89.9 Å². The largest absolute Gasteiger partial charge is 0.487 e. The standard InChI is InChI=1S/C19H38OS/c1-3-5-7-9-10-11-12-14-16-18-20-19(21)17-15-13-8-6-4-2/h3-18H2,1-2H3. The van der Waals surface area contributed by atoms with Crippen molar-refractivity contribution < 1.29 is 4.74 Å². The van der Waals surface area contributed by atoms with Gasteiger partial charge < -0.3 is 4.74 Å². The van der Waals surface area contributed by atoms with E-state index in [0.717, 1.165) is 18.1 Å². The monoisotopic (exact) mass is 314 g/mol. The molecular formula is C19H38OS. The van der Waals surface area contributed by atoms with Crippen molar-refractivity contribution in [1.29, 1.82) is 0 Å². The normalized spacial score (nSPS) is 10.8. The van der Waals surface area contributed by atoms with Crippen molar-refractivity contribution in [3.63, 3.8) is 0 Å². The van der Waals surface area contributed by atoms with Crippen molar-refractivity contribution in [2.24, 2.45) is 0 Å². The minimum absolute atomic E-state index is 0.837. The van der Waals surface area contributed by atoms with Crippen LogP contribution < -0.4 is 0 Å².